The zero-order chi connectivity index (χ0) is 17.2. The van der Waals surface area contributed by atoms with Gasteiger partial charge >= 0.3 is 0 Å². The summed E-state index contributed by atoms with van der Waals surface area (Å²) in [5, 5.41) is 3.53. The van der Waals surface area contributed by atoms with E-state index in [-0.39, 0.29) is 16.5 Å². The highest BCUT2D eigenvalue weighted by Crippen LogP contribution is 2.24. The second-order valence-electron chi connectivity index (χ2n) is 6.05. The Labute approximate surface area is 148 Å². The third-order valence-corrected chi connectivity index (χ3v) is 6.07. The van der Waals surface area contributed by atoms with Crippen LogP contribution < -0.4 is 10.0 Å². The number of aryl methyl sites for hydroxylation is 1. The molecule has 0 aromatic heterocycles. The van der Waals surface area contributed by atoms with Crippen molar-refractivity contribution in [3.8, 4) is 0 Å². The van der Waals surface area contributed by atoms with Gasteiger partial charge in [0.05, 0.1) is 5.02 Å². The van der Waals surface area contributed by atoms with Gasteiger partial charge in [0, 0.05) is 19.6 Å². The first-order chi connectivity index (χ1) is 11.5. The maximum atomic E-state index is 12.6. The van der Waals surface area contributed by atoms with Crippen LogP contribution in [0.3, 0.4) is 0 Å². The minimum atomic E-state index is -3.64. The fourth-order valence-electron chi connectivity index (χ4n) is 2.91. The van der Waals surface area contributed by atoms with Gasteiger partial charge in [-0.2, -0.15) is 0 Å². The average Bonchev–Trinajstić information content (AvgIpc) is 3.02. The minimum absolute atomic E-state index is 0.151. The highest BCUT2D eigenvalue weighted by molar-refractivity contribution is 7.89. The molecule has 0 bridgehead atoms. The van der Waals surface area contributed by atoms with Crippen LogP contribution in [-0.4, -0.2) is 8.42 Å². The van der Waals surface area contributed by atoms with E-state index < -0.39 is 10.0 Å². The van der Waals surface area contributed by atoms with Gasteiger partial charge in [-0.25, -0.2) is 13.1 Å². The topological polar surface area (TPSA) is 58.2 Å². The molecular formula is C18H21ClN2O2S. The van der Waals surface area contributed by atoms with Crippen molar-refractivity contribution in [1.29, 1.82) is 0 Å². The maximum Gasteiger partial charge on any atom is 0.242 e. The Morgan fingerprint density at radius 3 is 2.62 bits per heavy atom. The van der Waals surface area contributed by atoms with E-state index in [0.29, 0.717) is 0 Å². The molecule has 0 saturated carbocycles. The molecule has 4 nitrogen and oxygen atoms in total. The van der Waals surface area contributed by atoms with Crippen LogP contribution in [0.25, 0.3) is 0 Å². The second-order valence-corrected chi connectivity index (χ2v) is 8.19. The second kappa shape index (κ2) is 7.23. The molecule has 2 N–H and O–H groups in total. The third-order valence-electron chi connectivity index (χ3n) is 4.19. The molecule has 0 aliphatic carbocycles. The number of halogens is 1. The van der Waals surface area contributed by atoms with Gasteiger partial charge in [-0.3, -0.25) is 0 Å². The van der Waals surface area contributed by atoms with Gasteiger partial charge in [-0.05, 0) is 40.8 Å². The Bertz CT molecular complexity index is 850. The first kappa shape index (κ1) is 17.4. The average molecular weight is 365 g/mol. The van der Waals surface area contributed by atoms with Gasteiger partial charge in [-0.15, -0.1) is 0 Å². The Kier molecular flexibility index (Phi) is 5.25. The molecule has 6 heteroatoms. The minimum Gasteiger partial charge on any atom is -0.309 e. The summed E-state index contributed by atoms with van der Waals surface area (Å²) in [5.74, 6) is 0. The van der Waals surface area contributed by atoms with Crippen molar-refractivity contribution in [3.05, 3.63) is 63.7 Å². The lowest BCUT2D eigenvalue weighted by atomic mass is 10.1. The molecule has 128 valence electrons. The molecule has 0 fully saturated rings. The molecule has 2 aromatic carbocycles. The molecule has 0 spiro atoms. The van der Waals surface area contributed by atoms with E-state index in [2.05, 4.69) is 17.0 Å². The van der Waals surface area contributed by atoms with E-state index in [0.717, 1.165) is 37.1 Å². The zero-order valence-electron chi connectivity index (χ0n) is 13.6. The molecule has 0 unspecified atom stereocenters. The molecule has 0 atom stereocenters. The lowest BCUT2D eigenvalue weighted by Crippen LogP contribution is -2.23. The summed E-state index contributed by atoms with van der Waals surface area (Å²) < 4.78 is 27.9. The zero-order valence-corrected chi connectivity index (χ0v) is 15.2. The van der Waals surface area contributed by atoms with Crippen LogP contribution in [0, 0.1) is 0 Å². The summed E-state index contributed by atoms with van der Waals surface area (Å²) in [5.41, 5.74) is 4.43. The van der Waals surface area contributed by atoms with E-state index in [1.165, 1.54) is 11.1 Å². The van der Waals surface area contributed by atoms with Crippen LogP contribution in [0.15, 0.2) is 41.3 Å². The van der Waals surface area contributed by atoms with Crippen LogP contribution >= 0.6 is 11.6 Å². The predicted molar refractivity (Wildman–Crippen MR) is 96.5 cm³/mol. The summed E-state index contributed by atoms with van der Waals surface area (Å²) in [6.07, 6.45) is 1.79. The number of nitrogens with one attached hydrogen (secondary N) is 2. The fourth-order valence-corrected chi connectivity index (χ4v) is 4.48. The highest BCUT2D eigenvalue weighted by atomic mass is 35.5. The van der Waals surface area contributed by atoms with E-state index in [4.69, 9.17) is 11.6 Å². The number of fused-ring (bicyclic) bond motifs is 1. The van der Waals surface area contributed by atoms with Crippen molar-refractivity contribution in [3.63, 3.8) is 0 Å². The molecule has 1 aliphatic heterocycles. The molecule has 1 aliphatic rings. The number of hydrogen-bond donors (Lipinski definition) is 2. The first-order valence-corrected chi connectivity index (χ1v) is 9.95. The monoisotopic (exact) mass is 364 g/mol. The summed E-state index contributed by atoms with van der Waals surface area (Å²) in [7, 11) is -3.64. The smallest absolute Gasteiger partial charge is 0.242 e. The summed E-state index contributed by atoms with van der Waals surface area (Å²) >= 11 is 6.11. The normalized spacial score (nSPS) is 13.9. The van der Waals surface area contributed by atoms with E-state index in [1.807, 2.05) is 24.3 Å². The van der Waals surface area contributed by atoms with Crippen molar-refractivity contribution in [2.75, 3.05) is 0 Å². The number of hydrogen-bond acceptors (Lipinski definition) is 3. The van der Waals surface area contributed by atoms with Gasteiger partial charge in [0.25, 0.3) is 0 Å². The first-order valence-electron chi connectivity index (χ1n) is 8.09. The number of benzene rings is 2. The van der Waals surface area contributed by atoms with E-state index in [9.17, 15) is 8.42 Å². The largest absolute Gasteiger partial charge is 0.309 e. The van der Waals surface area contributed by atoms with Crippen LogP contribution in [0.5, 0.6) is 0 Å². The molecule has 2 aromatic rings. The summed E-state index contributed by atoms with van der Waals surface area (Å²) in [4.78, 5) is 0.151. The highest BCUT2D eigenvalue weighted by Gasteiger charge is 2.19. The van der Waals surface area contributed by atoms with Gasteiger partial charge in [0.15, 0.2) is 0 Å². The van der Waals surface area contributed by atoms with Crippen molar-refractivity contribution < 1.29 is 8.42 Å². The summed E-state index contributed by atoms with van der Waals surface area (Å²) in [6.45, 7) is 4.02. The third kappa shape index (κ3) is 3.81. The molecule has 24 heavy (non-hydrogen) atoms. The predicted octanol–water partition coefficient (Wildman–Crippen LogP) is 3.37. The Hall–Kier alpha value is -1.40. The van der Waals surface area contributed by atoms with Crippen LogP contribution in [0.4, 0.5) is 0 Å². The standard InChI is InChI=1S/C18H21ClN2O2S/c1-2-3-13-5-7-17(19)18(9-13)24(22,23)21-10-14-4-6-15-11-20-12-16(15)8-14/h4-9,20-21H,2-3,10-12H2,1H3. The van der Waals surface area contributed by atoms with Crippen molar-refractivity contribution >= 4 is 21.6 Å². The van der Waals surface area contributed by atoms with Crippen molar-refractivity contribution in [2.24, 2.45) is 0 Å². The molecule has 0 radical (unpaired) electrons. The Morgan fingerprint density at radius 1 is 1.08 bits per heavy atom. The summed E-state index contributed by atoms with van der Waals surface area (Å²) in [6, 6.07) is 11.3. The van der Waals surface area contributed by atoms with Crippen LogP contribution in [0.1, 0.15) is 35.6 Å². The lowest BCUT2D eigenvalue weighted by molar-refractivity contribution is 0.581. The molecule has 3 rings (SSSR count). The van der Waals surface area contributed by atoms with Crippen LogP contribution in [0.2, 0.25) is 5.02 Å². The molecule has 1 heterocycles. The van der Waals surface area contributed by atoms with Crippen LogP contribution in [-0.2, 0) is 36.1 Å². The quantitative estimate of drug-likeness (QED) is 0.826. The fraction of sp³-hybridized carbons (Fsp3) is 0.333. The van der Waals surface area contributed by atoms with E-state index >= 15 is 0 Å². The van der Waals surface area contributed by atoms with Crippen molar-refractivity contribution in [2.45, 2.75) is 44.3 Å². The number of sulfonamides is 1. The Balaban J connectivity index is 1.78. The van der Waals surface area contributed by atoms with E-state index in [1.54, 1.807) is 12.1 Å². The van der Waals surface area contributed by atoms with Gasteiger partial charge < -0.3 is 5.32 Å². The lowest BCUT2D eigenvalue weighted by Gasteiger charge is -2.11. The van der Waals surface area contributed by atoms with Crippen molar-refractivity contribution in [1.82, 2.24) is 10.0 Å². The van der Waals surface area contributed by atoms with Gasteiger partial charge in [-0.1, -0.05) is 49.2 Å². The Morgan fingerprint density at radius 2 is 1.83 bits per heavy atom. The molecule has 0 amide bonds. The van der Waals surface area contributed by atoms with Gasteiger partial charge in [0.2, 0.25) is 10.0 Å². The molecular weight excluding hydrogens is 344 g/mol. The maximum absolute atomic E-state index is 12.6. The number of rotatable bonds is 6. The van der Waals surface area contributed by atoms with Gasteiger partial charge in [0.1, 0.15) is 4.90 Å². The molecule has 0 saturated heterocycles. The SMILES string of the molecule is CCCc1ccc(Cl)c(S(=O)(=O)NCc2ccc3c(c2)CNC3)c1.